The topological polar surface area (TPSA) is 9.23 Å². The molecular formula is C22H17OPSe. The number of rotatable bonds is 4. The van der Waals surface area contributed by atoms with Crippen molar-refractivity contribution in [2.24, 2.45) is 0 Å². The summed E-state index contributed by atoms with van der Waals surface area (Å²) in [5.74, 6) is 0.887. The summed E-state index contributed by atoms with van der Waals surface area (Å²) >= 11 is 3.41. The Labute approximate surface area is 155 Å². The second-order valence-corrected chi connectivity index (χ2v) is 11.4. The van der Waals surface area contributed by atoms with Crippen LogP contribution in [0.4, 0.5) is 0 Å². The molecule has 0 atom stereocenters. The van der Waals surface area contributed by atoms with E-state index in [0.717, 1.165) is 5.75 Å². The van der Waals surface area contributed by atoms with E-state index in [1.165, 1.54) is 21.4 Å². The van der Waals surface area contributed by atoms with E-state index in [1.807, 2.05) is 12.1 Å². The third-order valence-electron chi connectivity index (χ3n) is 4.15. The van der Waals surface area contributed by atoms with Gasteiger partial charge >= 0.3 is 156 Å². The zero-order valence-corrected chi connectivity index (χ0v) is 16.2. The maximum absolute atomic E-state index is 6.64. The average Bonchev–Trinajstić information content (AvgIpc) is 2.69. The Balaban J connectivity index is 1.82. The Morgan fingerprint density at radius 3 is 1.68 bits per heavy atom. The van der Waals surface area contributed by atoms with Crippen LogP contribution in [0.3, 0.4) is 0 Å². The van der Waals surface area contributed by atoms with Crippen LogP contribution in [0.25, 0.3) is 10.8 Å². The molecule has 0 radical (unpaired) electrons. The second-order valence-electron chi connectivity index (χ2n) is 5.82. The maximum atomic E-state index is 6.64. The molecule has 0 saturated carbocycles. The number of fused-ring (bicyclic) bond motifs is 1. The molecule has 0 aromatic heterocycles. The monoisotopic (exact) mass is 408 g/mol. The second kappa shape index (κ2) is 7.02. The summed E-state index contributed by atoms with van der Waals surface area (Å²) in [6, 6.07) is 35.5. The Morgan fingerprint density at radius 1 is 0.560 bits per heavy atom. The number of hydrogen-bond acceptors (Lipinski definition) is 1. The Bertz CT molecular complexity index is 1000. The molecule has 0 amide bonds. The molecule has 0 aliphatic rings. The van der Waals surface area contributed by atoms with Gasteiger partial charge < -0.3 is 0 Å². The summed E-state index contributed by atoms with van der Waals surface area (Å²) in [7, 11) is 0. The molecule has 4 rings (SSSR count). The van der Waals surface area contributed by atoms with Crippen molar-refractivity contribution in [1.82, 2.24) is 0 Å². The Morgan fingerprint density at radius 2 is 1.08 bits per heavy atom. The normalized spacial score (nSPS) is 11.4. The molecule has 3 heteroatoms. The van der Waals surface area contributed by atoms with Crippen LogP contribution in [-0.2, 0) is 0 Å². The van der Waals surface area contributed by atoms with Gasteiger partial charge in [0.05, 0.1) is 0 Å². The molecule has 0 unspecified atom stereocenters. The molecule has 4 aromatic carbocycles. The summed E-state index contributed by atoms with van der Waals surface area (Å²) in [4.78, 5) is 0. The van der Waals surface area contributed by atoms with E-state index in [0.29, 0.717) is 0 Å². The quantitative estimate of drug-likeness (QED) is 0.346. The van der Waals surface area contributed by atoms with Gasteiger partial charge in [-0.15, -0.1) is 0 Å². The van der Waals surface area contributed by atoms with Crippen molar-refractivity contribution in [1.29, 1.82) is 0 Å². The van der Waals surface area contributed by atoms with Gasteiger partial charge in [0, 0.05) is 0 Å². The van der Waals surface area contributed by atoms with Gasteiger partial charge in [0.25, 0.3) is 0 Å². The molecule has 0 spiro atoms. The van der Waals surface area contributed by atoms with Crippen LogP contribution in [0.1, 0.15) is 0 Å². The van der Waals surface area contributed by atoms with Gasteiger partial charge in [-0.3, -0.25) is 0 Å². The fourth-order valence-electron chi connectivity index (χ4n) is 2.88. The summed E-state index contributed by atoms with van der Waals surface area (Å²) < 4.78 is 6.64. The van der Waals surface area contributed by atoms with Gasteiger partial charge in [-0.2, -0.15) is 0 Å². The molecule has 1 nitrogen and oxygen atoms in total. The zero-order chi connectivity index (χ0) is 17.1. The SMILES string of the molecule is [Se]=P(Oc1ccc2ccccc2c1)(c1ccccc1)c1ccccc1. The van der Waals surface area contributed by atoms with Crippen molar-refractivity contribution in [3.63, 3.8) is 0 Å². The standard InChI is InChI=1S/C22H17OPSe/c25-24(21-11-3-1-4-12-21,22-13-5-2-6-14-22)23-20-16-15-18-9-7-8-10-19(18)17-20/h1-17H. The molecule has 0 fully saturated rings. The third kappa shape index (κ3) is 3.34. The van der Waals surface area contributed by atoms with Crippen molar-refractivity contribution >= 4 is 42.2 Å². The molecule has 122 valence electrons. The van der Waals surface area contributed by atoms with Crippen LogP contribution in [0.2, 0.25) is 0 Å². The summed E-state index contributed by atoms with van der Waals surface area (Å²) in [5.41, 5.74) is -2.10. The van der Waals surface area contributed by atoms with Crippen molar-refractivity contribution in [2.75, 3.05) is 0 Å². The summed E-state index contributed by atoms with van der Waals surface area (Å²) in [6.07, 6.45) is 0. The molecule has 0 aliphatic heterocycles. The van der Waals surface area contributed by atoms with E-state index >= 15 is 0 Å². The fraction of sp³-hybridized carbons (Fsp3) is 0. The van der Waals surface area contributed by atoms with Gasteiger partial charge in [-0.1, -0.05) is 0 Å². The first-order valence-corrected chi connectivity index (χ1v) is 12.1. The van der Waals surface area contributed by atoms with Crippen LogP contribution in [0.5, 0.6) is 5.75 Å². The van der Waals surface area contributed by atoms with Gasteiger partial charge in [0.1, 0.15) is 0 Å². The number of hydrogen-bond donors (Lipinski definition) is 0. The average molecular weight is 407 g/mol. The van der Waals surface area contributed by atoms with Crippen LogP contribution in [0.15, 0.2) is 103 Å². The van der Waals surface area contributed by atoms with E-state index in [9.17, 15) is 0 Å². The molecule has 0 aliphatic carbocycles. The van der Waals surface area contributed by atoms with E-state index in [1.54, 1.807) is 0 Å². The van der Waals surface area contributed by atoms with Crippen molar-refractivity contribution in [3.8, 4) is 5.75 Å². The Hall–Kier alpha value is -2.11. The van der Waals surface area contributed by atoms with Gasteiger partial charge in [-0.25, -0.2) is 0 Å². The first kappa shape index (κ1) is 16.4. The predicted octanol–water partition coefficient (Wildman–Crippen LogP) is 4.89. The summed E-state index contributed by atoms with van der Waals surface area (Å²) in [6.45, 7) is 0. The molecule has 4 aromatic rings. The molecule has 0 heterocycles. The van der Waals surface area contributed by atoms with Gasteiger partial charge in [0.15, 0.2) is 0 Å². The van der Waals surface area contributed by atoms with Crippen molar-refractivity contribution in [2.45, 2.75) is 0 Å². The third-order valence-corrected chi connectivity index (χ3v) is 9.69. The van der Waals surface area contributed by atoms with Crippen molar-refractivity contribution < 1.29 is 4.52 Å². The van der Waals surface area contributed by atoms with E-state index in [4.69, 9.17) is 4.52 Å². The van der Waals surface area contributed by atoms with Crippen LogP contribution >= 0.6 is 5.74 Å². The molecule has 0 N–H and O–H groups in total. The van der Waals surface area contributed by atoms with Gasteiger partial charge in [-0.05, 0) is 0 Å². The van der Waals surface area contributed by atoms with E-state index in [-0.39, 0.29) is 0 Å². The van der Waals surface area contributed by atoms with E-state index < -0.39 is 5.74 Å². The first-order valence-electron chi connectivity index (χ1n) is 8.15. The van der Waals surface area contributed by atoms with Gasteiger partial charge in [0.2, 0.25) is 0 Å². The zero-order valence-electron chi connectivity index (χ0n) is 13.6. The molecule has 25 heavy (non-hydrogen) atoms. The Kier molecular flexibility index (Phi) is 4.59. The molecule has 0 saturated heterocycles. The van der Waals surface area contributed by atoms with Crippen LogP contribution in [-0.4, -0.2) is 15.1 Å². The predicted molar refractivity (Wildman–Crippen MR) is 109 cm³/mol. The summed E-state index contributed by atoms with van der Waals surface area (Å²) in [5, 5.41) is 4.79. The van der Waals surface area contributed by atoms with Crippen LogP contribution in [0, 0.1) is 0 Å². The van der Waals surface area contributed by atoms with E-state index in [2.05, 4.69) is 106 Å². The first-order chi connectivity index (χ1) is 12.3. The van der Waals surface area contributed by atoms with Crippen molar-refractivity contribution in [3.05, 3.63) is 103 Å². The fourth-order valence-corrected chi connectivity index (χ4v) is 7.00. The minimum absolute atomic E-state index is 0.887. The minimum atomic E-state index is -2.10. The molecular weight excluding hydrogens is 390 g/mol. The molecule has 0 bridgehead atoms. The van der Waals surface area contributed by atoms with Crippen LogP contribution < -0.4 is 15.1 Å². The number of benzene rings is 4.